The van der Waals surface area contributed by atoms with Gasteiger partial charge in [-0.25, -0.2) is 19.9 Å². The van der Waals surface area contributed by atoms with Crippen molar-refractivity contribution in [3.8, 4) is 62.4 Å². The predicted octanol–water partition coefficient (Wildman–Crippen LogP) is 11.9. The number of benzene rings is 7. The van der Waals surface area contributed by atoms with Gasteiger partial charge in [0.05, 0.1) is 11.0 Å². The Labute approximate surface area is 306 Å². The Hall–Kier alpha value is -7.24. The molecule has 10 aromatic rings. The molecule has 0 fully saturated rings. The number of nitrogens with zero attached hydrogens (tertiary/aromatic N) is 5. The monoisotopic (exact) mass is 677 g/mol. The van der Waals surface area contributed by atoms with Crippen molar-refractivity contribution in [3.05, 3.63) is 188 Å². The van der Waals surface area contributed by atoms with Crippen LogP contribution in [0.1, 0.15) is 0 Å². The van der Waals surface area contributed by atoms with E-state index in [0.29, 0.717) is 23.2 Å². The average Bonchev–Trinajstić information content (AvgIpc) is 3.59. The minimum absolute atomic E-state index is 0.511. The van der Waals surface area contributed by atoms with Gasteiger partial charge < -0.3 is 0 Å². The van der Waals surface area contributed by atoms with Gasteiger partial charge in [0.15, 0.2) is 17.5 Å². The Morgan fingerprint density at radius 2 is 0.811 bits per heavy atom. The van der Waals surface area contributed by atoms with Crippen LogP contribution in [-0.4, -0.2) is 24.5 Å². The van der Waals surface area contributed by atoms with Crippen molar-refractivity contribution in [1.29, 1.82) is 0 Å². The quantitative estimate of drug-likeness (QED) is 0.176. The summed E-state index contributed by atoms with van der Waals surface area (Å²) in [6.07, 6.45) is 0. The number of aromatic nitrogens is 5. The number of para-hydroxylation sites is 1. The molecule has 0 spiro atoms. The van der Waals surface area contributed by atoms with Crippen LogP contribution in [0, 0.1) is 0 Å². The molecular weight excluding hydrogens is 647 g/mol. The molecule has 0 bridgehead atoms. The smallest absolute Gasteiger partial charge is 0.182 e. The summed E-state index contributed by atoms with van der Waals surface area (Å²) in [6.45, 7) is 0. The summed E-state index contributed by atoms with van der Waals surface area (Å²) >= 11 is 0. The molecule has 248 valence electrons. The molecule has 5 heteroatoms. The van der Waals surface area contributed by atoms with Gasteiger partial charge in [-0.15, -0.1) is 0 Å². The summed E-state index contributed by atoms with van der Waals surface area (Å²) in [5.74, 6) is 2.49. The fraction of sp³-hybridized carbons (Fsp3) is 0. The lowest BCUT2D eigenvalue weighted by Gasteiger charge is -2.11. The third-order valence-electron chi connectivity index (χ3n) is 9.89. The Morgan fingerprint density at radius 1 is 0.302 bits per heavy atom. The van der Waals surface area contributed by atoms with Crippen molar-refractivity contribution in [1.82, 2.24) is 24.5 Å². The first-order valence-electron chi connectivity index (χ1n) is 17.7. The highest BCUT2D eigenvalue weighted by Crippen LogP contribution is 2.37. The van der Waals surface area contributed by atoms with Gasteiger partial charge in [-0.2, -0.15) is 0 Å². The van der Waals surface area contributed by atoms with E-state index in [1.165, 1.54) is 21.5 Å². The zero-order valence-electron chi connectivity index (χ0n) is 28.6. The van der Waals surface area contributed by atoms with Crippen LogP contribution in [0.4, 0.5) is 0 Å². The lowest BCUT2D eigenvalue weighted by Crippen LogP contribution is -2.03. The largest absolute Gasteiger partial charge is 0.294 e. The summed E-state index contributed by atoms with van der Waals surface area (Å²) in [4.78, 5) is 20.4. The van der Waals surface area contributed by atoms with Gasteiger partial charge in [-0.1, -0.05) is 164 Å². The van der Waals surface area contributed by atoms with Gasteiger partial charge in [-0.3, -0.25) is 4.57 Å². The van der Waals surface area contributed by atoms with Crippen LogP contribution in [-0.2, 0) is 0 Å². The van der Waals surface area contributed by atoms with E-state index >= 15 is 0 Å². The van der Waals surface area contributed by atoms with Crippen molar-refractivity contribution in [2.75, 3.05) is 0 Å². The van der Waals surface area contributed by atoms with Crippen LogP contribution in [0.5, 0.6) is 0 Å². The molecule has 3 aromatic heterocycles. The predicted molar refractivity (Wildman–Crippen MR) is 217 cm³/mol. The van der Waals surface area contributed by atoms with Crippen LogP contribution in [0.2, 0.25) is 0 Å². The normalized spacial score (nSPS) is 11.4. The van der Waals surface area contributed by atoms with Gasteiger partial charge in [0.1, 0.15) is 11.5 Å². The molecular formula is C48H31N5. The Bertz CT molecular complexity index is 2810. The second-order valence-corrected chi connectivity index (χ2v) is 13.1. The topological polar surface area (TPSA) is 56.5 Å². The Balaban J connectivity index is 1.12. The number of rotatable bonds is 6. The van der Waals surface area contributed by atoms with E-state index in [0.717, 1.165) is 50.2 Å². The van der Waals surface area contributed by atoms with Gasteiger partial charge >= 0.3 is 0 Å². The molecule has 0 aliphatic heterocycles. The second-order valence-electron chi connectivity index (χ2n) is 13.1. The molecule has 53 heavy (non-hydrogen) atoms. The summed E-state index contributed by atoms with van der Waals surface area (Å²) in [7, 11) is 0. The van der Waals surface area contributed by atoms with E-state index in [-0.39, 0.29) is 0 Å². The zero-order chi connectivity index (χ0) is 35.1. The van der Waals surface area contributed by atoms with Crippen LogP contribution < -0.4 is 0 Å². The first-order valence-corrected chi connectivity index (χ1v) is 17.7. The average molecular weight is 678 g/mol. The van der Waals surface area contributed by atoms with Crippen molar-refractivity contribution < 1.29 is 0 Å². The minimum atomic E-state index is 0.511. The second kappa shape index (κ2) is 12.8. The molecule has 7 aromatic carbocycles. The molecule has 0 saturated carbocycles. The van der Waals surface area contributed by atoms with Crippen molar-refractivity contribution in [2.45, 2.75) is 0 Å². The highest BCUT2D eigenvalue weighted by Gasteiger charge is 2.18. The summed E-state index contributed by atoms with van der Waals surface area (Å²) < 4.78 is 2.24. The van der Waals surface area contributed by atoms with Crippen LogP contribution >= 0.6 is 0 Å². The van der Waals surface area contributed by atoms with E-state index in [9.17, 15) is 0 Å². The lowest BCUT2D eigenvalue weighted by atomic mass is 10.0. The molecule has 10 rings (SSSR count). The summed E-state index contributed by atoms with van der Waals surface area (Å²) in [5, 5.41) is 4.84. The SMILES string of the molecule is c1ccc(-c2ccc(-c3nc(-c4ccc(-c5ccccc5)cc4)nc(-c4cccc(-n5c6ccccc6c6c7ccccc7ccc65)n4)n3)cc2)cc1. The highest BCUT2D eigenvalue weighted by molar-refractivity contribution is 6.21. The van der Waals surface area contributed by atoms with E-state index in [1.807, 2.05) is 24.3 Å². The van der Waals surface area contributed by atoms with E-state index in [2.05, 4.69) is 168 Å². The fourth-order valence-corrected chi connectivity index (χ4v) is 7.29. The molecule has 0 aliphatic rings. The standard InChI is InChI=1S/C48H31N5/c1-3-12-32(13-4-1)34-22-26-37(27-23-34)46-50-47(38-28-24-35(25-29-38)33-14-5-2-6-15-33)52-48(51-46)41-19-11-21-44(49-41)53-42-20-10-9-18-40(42)45-39-17-8-7-16-36(39)30-31-43(45)53/h1-31H. The van der Waals surface area contributed by atoms with Gasteiger partial charge in [0, 0.05) is 21.9 Å². The van der Waals surface area contributed by atoms with Crippen molar-refractivity contribution >= 4 is 32.6 Å². The van der Waals surface area contributed by atoms with E-state index in [4.69, 9.17) is 19.9 Å². The van der Waals surface area contributed by atoms with Gasteiger partial charge in [-0.05, 0) is 57.3 Å². The number of fused-ring (bicyclic) bond motifs is 5. The lowest BCUT2D eigenvalue weighted by molar-refractivity contribution is 1.03. The van der Waals surface area contributed by atoms with Crippen LogP contribution in [0.25, 0.3) is 94.9 Å². The van der Waals surface area contributed by atoms with Crippen LogP contribution in [0.15, 0.2) is 188 Å². The maximum atomic E-state index is 5.25. The van der Waals surface area contributed by atoms with Crippen molar-refractivity contribution in [3.63, 3.8) is 0 Å². The molecule has 0 amide bonds. The molecule has 3 heterocycles. The van der Waals surface area contributed by atoms with Gasteiger partial charge in [0.2, 0.25) is 0 Å². The van der Waals surface area contributed by atoms with E-state index < -0.39 is 0 Å². The first-order chi connectivity index (χ1) is 26.3. The maximum Gasteiger partial charge on any atom is 0.182 e. The molecule has 0 aliphatic carbocycles. The zero-order valence-corrected chi connectivity index (χ0v) is 28.6. The number of hydrogen-bond acceptors (Lipinski definition) is 4. The molecule has 0 radical (unpaired) electrons. The molecule has 0 atom stereocenters. The molecule has 0 N–H and O–H groups in total. The summed E-state index contributed by atoms with van der Waals surface area (Å²) in [6, 6.07) is 65.1. The van der Waals surface area contributed by atoms with Gasteiger partial charge in [0.25, 0.3) is 0 Å². The van der Waals surface area contributed by atoms with Crippen molar-refractivity contribution in [2.24, 2.45) is 0 Å². The molecule has 0 saturated heterocycles. The number of pyridine rings is 1. The number of hydrogen-bond donors (Lipinski definition) is 0. The van der Waals surface area contributed by atoms with Crippen LogP contribution in [0.3, 0.4) is 0 Å². The molecule has 0 unspecified atom stereocenters. The maximum absolute atomic E-state index is 5.25. The minimum Gasteiger partial charge on any atom is -0.294 e. The highest BCUT2D eigenvalue weighted by atomic mass is 15.1. The Morgan fingerprint density at radius 3 is 1.45 bits per heavy atom. The van der Waals surface area contributed by atoms with E-state index in [1.54, 1.807) is 0 Å². The third kappa shape index (κ3) is 5.52. The third-order valence-corrected chi connectivity index (χ3v) is 9.89. The Kier molecular flexibility index (Phi) is 7.40. The molecule has 5 nitrogen and oxygen atoms in total. The fourth-order valence-electron chi connectivity index (χ4n) is 7.29. The summed E-state index contributed by atoms with van der Waals surface area (Å²) in [5.41, 5.74) is 9.26. The first kappa shape index (κ1) is 30.6.